The third-order valence-electron chi connectivity index (χ3n) is 5.72. The number of rotatable bonds is 9. The Morgan fingerprint density at radius 1 is 1.11 bits per heavy atom. The van der Waals surface area contributed by atoms with Crippen LogP contribution in [0.2, 0.25) is 0 Å². The van der Waals surface area contributed by atoms with E-state index in [0.29, 0.717) is 18.4 Å². The highest BCUT2D eigenvalue weighted by atomic mass is 19.4. The fourth-order valence-electron chi connectivity index (χ4n) is 3.99. The molecule has 2 aliphatic rings. The molecule has 1 fully saturated rings. The third-order valence-corrected chi connectivity index (χ3v) is 5.72. The van der Waals surface area contributed by atoms with Crippen LogP contribution in [0.5, 0.6) is 5.75 Å². The van der Waals surface area contributed by atoms with E-state index in [1.165, 1.54) is 38.6 Å². The molecule has 1 aromatic rings. The van der Waals surface area contributed by atoms with E-state index in [2.05, 4.69) is 4.74 Å². The smallest absolute Gasteiger partial charge is 0.465 e. The quantitative estimate of drug-likeness (QED) is 0.518. The summed E-state index contributed by atoms with van der Waals surface area (Å²) < 4.78 is 52.0. The Labute approximate surface area is 201 Å². The van der Waals surface area contributed by atoms with E-state index in [1.807, 2.05) is 11.0 Å². The van der Waals surface area contributed by atoms with Crippen LogP contribution in [-0.4, -0.2) is 55.2 Å². The fraction of sp³-hybridized carbons (Fsp3) is 0.440. The van der Waals surface area contributed by atoms with E-state index < -0.39 is 18.3 Å². The summed E-state index contributed by atoms with van der Waals surface area (Å²) in [5.74, 6) is -1.57. The van der Waals surface area contributed by atoms with Crippen LogP contribution in [0.15, 0.2) is 59.3 Å². The molecule has 7 nitrogen and oxygen atoms in total. The first kappa shape index (κ1) is 26.3. The number of ether oxygens (including phenoxy) is 3. The molecule has 1 N–H and O–H groups in total. The summed E-state index contributed by atoms with van der Waals surface area (Å²) >= 11 is 0. The van der Waals surface area contributed by atoms with Gasteiger partial charge in [-0.25, -0.2) is 9.59 Å². The van der Waals surface area contributed by atoms with E-state index in [4.69, 9.17) is 9.47 Å². The zero-order chi connectivity index (χ0) is 25.6. The Hall–Kier alpha value is -3.27. The highest BCUT2D eigenvalue weighted by Gasteiger charge is 2.36. The molecule has 0 radical (unpaired) electrons. The van der Waals surface area contributed by atoms with Gasteiger partial charge in [0.15, 0.2) is 0 Å². The number of benzene rings is 1. The molecule has 1 heterocycles. The van der Waals surface area contributed by atoms with Crippen LogP contribution >= 0.6 is 0 Å². The standard InChI is InChI=1S/C25H28F3NO6/c1-33-23(31)20-12-16(6-4-10-30)13-22(18-8-9-18)29(15-21(20)24(32)34-2)14-17-5-3-7-19(11-17)35-25(26,27)28/h3,5,7,11-13,15,18,22,30H,4,6,8-10,14H2,1-2H3/b16-13-,20-12+,21-15+. The largest absolute Gasteiger partial charge is 0.573 e. The average molecular weight is 495 g/mol. The Bertz CT molecular complexity index is 1030. The second kappa shape index (κ2) is 11.4. The van der Waals surface area contributed by atoms with Crippen molar-refractivity contribution in [1.82, 2.24) is 4.90 Å². The van der Waals surface area contributed by atoms with Crippen molar-refractivity contribution in [2.45, 2.75) is 44.6 Å². The maximum absolute atomic E-state index is 12.7. The molecule has 0 bridgehead atoms. The number of aliphatic hydroxyl groups excluding tert-OH is 1. The molecular weight excluding hydrogens is 467 g/mol. The summed E-state index contributed by atoms with van der Waals surface area (Å²) in [6.07, 6.45) is 3.03. The number of nitrogens with zero attached hydrogens (tertiary/aromatic N) is 1. The van der Waals surface area contributed by atoms with Gasteiger partial charge in [-0.3, -0.25) is 0 Å². The normalized spacial score (nSPS) is 23.0. The second-order valence-electron chi connectivity index (χ2n) is 8.35. The number of methoxy groups -OCH3 is 2. The Morgan fingerprint density at radius 3 is 2.40 bits per heavy atom. The highest BCUT2D eigenvalue weighted by molar-refractivity contribution is 6.07. The zero-order valence-electron chi connectivity index (χ0n) is 19.5. The minimum Gasteiger partial charge on any atom is -0.465 e. The lowest BCUT2D eigenvalue weighted by Gasteiger charge is -2.32. The molecule has 1 atom stereocenters. The molecule has 1 aliphatic carbocycles. The van der Waals surface area contributed by atoms with Crippen molar-refractivity contribution in [1.29, 1.82) is 0 Å². The van der Waals surface area contributed by atoms with Crippen LogP contribution in [0.3, 0.4) is 0 Å². The van der Waals surface area contributed by atoms with Crippen molar-refractivity contribution in [2.75, 3.05) is 20.8 Å². The van der Waals surface area contributed by atoms with Gasteiger partial charge in [-0.1, -0.05) is 18.2 Å². The molecule has 190 valence electrons. The van der Waals surface area contributed by atoms with Gasteiger partial charge in [-0.05, 0) is 60.9 Å². The first-order valence-electron chi connectivity index (χ1n) is 11.2. The average Bonchev–Trinajstić information content (AvgIpc) is 3.64. The summed E-state index contributed by atoms with van der Waals surface area (Å²) in [5.41, 5.74) is 1.23. The lowest BCUT2D eigenvalue weighted by Crippen LogP contribution is -2.33. The molecular formula is C25H28F3NO6. The summed E-state index contributed by atoms with van der Waals surface area (Å²) in [5, 5.41) is 9.34. The molecule has 0 aromatic heterocycles. The number of alkyl halides is 3. The number of carbonyl (C=O) groups excluding carboxylic acids is 2. The van der Waals surface area contributed by atoms with Crippen LogP contribution in [0.4, 0.5) is 13.2 Å². The maximum atomic E-state index is 12.7. The van der Waals surface area contributed by atoms with Crippen LogP contribution < -0.4 is 4.74 Å². The lowest BCUT2D eigenvalue weighted by molar-refractivity contribution is -0.274. The number of hydrogen-bond acceptors (Lipinski definition) is 7. The van der Waals surface area contributed by atoms with Gasteiger partial charge in [-0.2, -0.15) is 0 Å². The first-order chi connectivity index (χ1) is 16.6. The number of esters is 2. The van der Waals surface area contributed by atoms with Gasteiger partial charge in [-0.15, -0.1) is 13.2 Å². The number of hydrogen-bond donors (Lipinski definition) is 1. The van der Waals surface area contributed by atoms with Crippen LogP contribution in [0, 0.1) is 5.92 Å². The van der Waals surface area contributed by atoms with Gasteiger partial charge in [0.05, 0.1) is 31.4 Å². The monoisotopic (exact) mass is 495 g/mol. The highest BCUT2D eigenvalue weighted by Crippen LogP contribution is 2.39. The maximum Gasteiger partial charge on any atom is 0.573 e. The number of carbonyl (C=O) groups is 2. The summed E-state index contributed by atoms with van der Waals surface area (Å²) in [4.78, 5) is 27.1. The van der Waals surface area contributed by atoms with E-state index in [1.54, 1.807) is 12.1 Å². The molecule has 35 heavy (non-hydrogen) atoms. The van der Waals surface area contributed by atoms with Crippen molar-refractivity contribution in [2.24, 2.45) is 5.92 Å². The first-order valence-corrected chi connectivity index (χ1v) is 11.2. The Morgan fingerprint density at radius 2 is 1.80 bits per heavy atom. The summed E-state index contributed by atoms with van der Waals surface area (Å²) in [6.45, 7) is 0.0944. The van der Waals surface area contributed by atoms with Gasteiger partial charge in [0.25, 0.3) is 0 Å². The number of aliphatic hydroxyl groups is 1. The summed E-state index contributed by atoms with van der Waals surface area (Å²) in [7, 11) is 2.39. The predicted molar refractivity (Wildman–Crippen MR) is 120 cm³/mol. The van der Waals surface area contributed by atoms with E-state index in [9.17, 15) is 27.9 Å². The SMILES string of the molecule is COC(=O)C1=C/C(CCCO)=C\C(C2CC2)N(Cc2cccc(OC(F)(F)F)c2)/C=C\1C(=O)OC. The van der Waals surface area contributed by atoms with E-state index in [-0.39, 0.29) is 42.0 Å². The van der Waals surface area contributed by atoms with Gasteiger partial charge < -0.3 is 24.2 Å². The van der Waals surface area contributed by atoms with Crippen molar-refractivity contribution in [3.63, 3.8) is 0 Å². The van der Waals surface area contributed by atoms with Gasteiger partial charge in [0.2, 0.25) is 0 Å². The van der Waals surface area contributed by atoms with Gasteiger partial charge in [0, 0.05) is 19.4 Å². The number of halogens is 3. The second-order valence-corrected chi connectivity index (χ2v) is 8.35. The minimum absolute atomic E-state index is 0.00283. The van der Waals surface area contributed by atoms with Gasteiger partial charge in [0.1, 0.15) is 5.75 Å². The van der Waals surface area contributed by atoms with Crippen molar-refractivity contribution in [3.8, 4) is 5.75 Å². The lowest BCUT2D eigenvalue weighted by atomic mass is 9.95. The zero-order valence-corrected chi connectivity index (χ0v) is 19.5. The topological polar surface area (TPSA) is 85.3 Å². The molecule has 1 aromatic carbocycles. The molecule has 0 saturated heterocycles. The molecule has 1 saturated carbocycles. The number of allylic oxidation sites excluding steroid dienone is 2. The minimum atomic E-state index is -4.82. The fourth-order valence-corrected chi connectivity index (χ4v) is 3.99. The van der Waals surface area contributed by atoms with Crippen molar-refractivity contribution >= 4 is 11.9 Å². The molecule has 0 spiro atoms. The van der Waals surface area contributed by atoms with Crippen LogP contribution in [-0.2, 0) is 25.6 Å². The molecule has 1 unspecified atom stereocenters. The Balaban J connectivity index is 2.08. The molecule has 1 aliphatic heterocycles. The Kier molecular flexibility index (Phi) is 8.61. The van der Waals surface area contributed by atoms with Crippen LogP contribution in [0.1, 0.15) is 31.2 Å². The van der Waals surface area contributed by atoms with E-state index in [0.717, 1.165) is 18.4 Å². The van der Waals surface area contributed by atoms with E-state index >= 15 is 0 Å². The molecule has 0 amide bonds. The predicted octanol–water partition coefficient (Wildman–Crippen LogP) is 4.03. The molecule has 10 heteroatoms. The van der Waals surface area contributed by atoms with Gasteiger partial charge >= 0.3 is 18.3 Å². The van der Waals surface area contributed by atoms with Crippen molar-refractivity contribution in [3.05, 3.63) is 64.9 Å². The third kappa shape index (κ3) is 7.35. The van der Waals surface area contributed by atoms with Crippen molar-refractivity contribution < 1.29 is 42.1 Å². The molecule has 3 rings (SSSR count). The van der Waals surface area contributed by atoms with Crippen LogP contribution in [0.25, 0.3) is 0 Å². The summed E-state index contributed by atoms with van der Waals surface area (Å²) in [6, 6.07) is 5.43.